The third kappa shape index (κ3) is 3.52. The van der Waals surface area contributed by atoms with Gasteiger partial charge in [-0.1, -0.05) is 18.2 Å². The van der Waals surface area contributed by atoms with E-state index >= 15 is 0 Å². The van der Waals surface area contributed by atoms with Gasteiger partial charge in [-0.05, 0) is 44.9 Å². The molecule has 3 heterocycles. The van der Waals surface area contributed by atoms with Crippen LogP contribution in [0.5, 0.6) is 0 Å². The van der Waals surface area contributed by atoms with Crippen LogP contribution in [0.3, 0.4) is 0 Å². The number of thiophene rings is 1. The maximum atomic E-state index is 12.8. The Kier molecular flexibility index (Phi) is 5.42. The van der Waals surface area contributed by atoms with E-state index in [1.807, 2.05) is 44.2 Å². The minimum Gasteiger partial charge on any atom is -0.451 e. The van der Waals surface area contributed by atoms with Gasteiger partial charge >= 0.3 is 5.97 Å². The number of anilines is 1. The molecule has 0 saturated heterocycles. The van der Waals surface area contributed by atoms with E-state index in [0.29, 0.717) is 27.2 Å². The lowest BCUT2D eigenvalue weighted by Crippen LogP contribution is -2.39. The molecule has 1 aliphatic heterocycles. The molecule has 3 aromatic rings. The largest absolute Gasteiger partial charge is 0.451 e. The van der Waals surface area contributed by atoms with Gasteiger partial charge in [-0.3, -0.25) is 14.2 Å². The standard InChI is InChI=1S/C22H23N3O4S/c1-13(2)25(15-8-5-4-6-9-15)17(26)12-29-22(28)19-14(3)18-20(30-19)23-16-10-7-11-24(16)21(18)27/h4-6,8-9,13H,7,10-12H2,1-3H3. The van der Waals surface area contributed by atoms with Crippen molar-refractivity contribution in [2.45, 2.75) is 46.2 Å². The lowest BCUT2D eigenvalue weighted by Gasteiger charge is -2.26. The van der Waals surface area contributed by atoms with Gasteiger partial charge in [-0.25, -0.2) is 9.78 Å². The second kappa shape index (κ2) is 8.02. The number of nitrogens with zero attached hydrogens (tertiary/aromatic N) is 3. The van der Waals surface area contributed by atoms with Crippen molar-refractivity contribution in [1.82, 2.24) is 9.55 Å². The molecule has 0 unspecified atom stereocenters. The smallest absolute Gasteiger partial charge is 0.349 e. The molecule has 156 valence electrons. The van der Waals surface area contributed by atoms with Gasteiger partial charge in [0.25, 0.3) is 11.5 Å². The fourth-order valence-corrected chi connectivity index (χ4v) is 4.94. The van der Waals surface area contributed by atoms with Crippen molar-refractivity contribution < 1.29 is 14.3 Å². The summed E-state index contributed by atoms with van der Waals surface area (Å²) in [7, 11) is 0. The molecular formula is C22H23N3O4S. The molecule has 0 spiro atoms. The number of benzene rings is 1. The zero-order chi connectivity index (χ0) is 21.4. The second-order valence-electron chi connectivity index (χ2n) is 7.59. The zero-order valence-corrected chi connectivity index (χ0v) is 18.0. The Morgan fingerprint density at radius 1 is 1.27 bits per heavy atom. The van der Waals surface area contributed by atoms with Gasteiger partial charge in [-0.2, -0.15) is 0 Å². The zero-order valence-electron chi connectivity index (χ0n) is 17.2. The molecule has 0 N–H and O–H groups in total. The summed E-state index contributed by atoms with van der Waals surface area (Å²) in [4.78, 5) is 45.3. The number of esters is 1. The van der Waals surface area contributed by atoms with Crippen LogP contribution in [0.1, 0.15) is 41.3 Å². The number of aromatic nitrogens is 2. The van der Waals surface area contributed by atoms with Gasteiger partial charge in [0.1, 0.15) is 15.5 Å². The predicted molar refractivity (Wildman–Crippen MR) is 116 cm³/mol. The fourth-order valence-electron chi connectivity index (χ4n) is 3.85. The van der Waals surface area contributed by atoms with E-state index in [1.54, 1.807) is 16.4 Å². The summed E-state index contributed by atoms with van der Waals surface area (Å²) in [5.41, 5.74) is 1.21. The monoisotopic (exact) mass is 425 g/mol. The lowest BCUT2D eigenvalue weighted by molar-refractivity contribution is -0.122. The molecule has 0 saturated carbocycles. The molecule has 4 rings (SSSR count). The molecule has 1 amide bonds. The maximum Gasteiger partial charge on any atom is 0.349 e. The van der Waals surface area contributed by atoms with Crippen LogP contribution in [0.4, 0.5) is 5.69 Å². The first kappa shape index (κ1) is 20.3. The van der Waals surface area contributed by atoms with Crippen LogP contribution in [-0.2, 0) is 22.5 Å². The Bertz CT molecular complexity index is 1180. The minimum absolute atomic E-state index is 0.0868. The molecular weight excluding hydrogens is 402 g/mol. The van der Waals surface area contributed by atoms with Crippen molar-refractivity contribution in [3.8, 4) is 0 Å². The van der Waals surface area contributed by atoms with Crippen molar-refractivity contribution in [1.29, 1.82) is 0 Å². The summed E-state index contributed by atoms with van der Waals surface area (Å²) < 4.78 is 7.02. The minimum atomic E-state index is -0.606. The van der Waals surface area contributed by atoms with Crippen LogP contribution < -0.4 is 10.5 Å². The highest BCUT2D eigenvalue weighted by atomic mass is 32.1. The highest BCUT2D eigenvalue weighted by molar-refractivity contribution is 7.20. The summed E-state index contributed by atoms with van der Waals surface area (Å²) in [5.74, 6) is -0.148. The predicted octanol–water partition coefficient (Wildman–Crippen LogP) is 3.31. The third-order valence-corrected chi connectivity index (χ3v) is 6.41. The van der Waals surface area contributed by atoms with Crippen molar-refractivity contribution >= 4 is 39.1 Å². The highest BCUT2D eigenvalue weighted by Gasteiger charge is 2.26. The Morgan fingerprint density at radius 3 is 2.70 bits per heavy atom. The maximum absolute atomic E-state index is 12.8. The first-order valence-corrected chi connectivity index (χ1v) is 10.8. The van der Waals surface area contributed by atoms with E-state index in [0.717, 1.165) is 35.7 Å². The third-order valence-electron chi connectivity index (χ3n) is 5.24. The van der Waals surface area contributed by atoms with Gasteiger partial charge < -0.3 is 9.64 Å². The topological polar surface area (TPSA) is 81.5 Å². The summed E-state index contributed by atoms with van der Waals surface area (Å²) >= 11 is 1.15. The molecule has 0 fully saturated rings. The van der Waals surface area contributed by atoms with Crippen LogP contribution in [0.25, 0.3) is 10.2 Å². The average molecular weight is 426 g/mol. The molecule has 0 aliphatic carbocycles. The summed E-state index contributed by atoms with van der Waals surface area (Å²) in [6.45, 7) is 5.82. The van der Waals surface area contributed by atoms with Crippen molar-refractivity contribution in [2.24, 2.45) is 0 Å². The molecule has 1 aliphatic rings. The Labute approximate surface area is 177 Å². The van der Waals surface area contributed by atoms with Crippen molar-refractivity contribution in [2.75, 3.05) is 11.5 Å². The number of hydrogen-bond acceptors (Lipinski definition) is 6. The molecule has 2 aromatic heterocycles. The number of hydrogen-bond donors (Lipinski definition) is 0. The molecule has 7 nitrogen and oxygen atoms in total. The lowest BCUT2D eigenvalue weighted by atomic mass is 10.2. The van der Waals surface area contributed by atoms with Crippen LogP contribution in [0.15, 0.2) is 35.1 Å². The van der Waals surface area contributed by atoms with Crippen LogP contribution in [-0.4, -0.2) is 34.1 Å². The van der Waals surface area contributed by atoms with Crippen LogP contribution >= 0.6 is 11.3 Å². The normalized spacial score (nSPS) is 12.9. The van der Waals surface area contributed by atoms with Crippen molar-refractivity contribution in [3.63, 3.8) is 0 Å². The summed E-state index contributed by atoms with van der Waals surface area (Å²) in [6.07, 6.45) is 1.67. The van der Waals surface area contributed by atoms with Crippen molar-refractivity contribution in [3.05, 3.63) is 57.0 Å². The number of fused-ring (bicyclic) bond motifs is 2. The molecule has 0 bridgehead atoms. The summed E-state index contributed by atoms with van der Waals surface area (Å²) in [5, 5.41) is 0.469. The Hall–Kier alpha value is -3.00. The summed E-state index contributed by atoms with van der Waals surface area (Å²) in [6, 6.07) is 9.18. The average Bonchev–Trinajstić information content (AvgIpc) is 3.32. The number of aryl methyl sites for hydroxylation is 2. The number of rotatable bonds is 5. The van der Waals surface area contributed by atoms with Crippen LogP contribution in [0, 0.1) is 6.92 Å². The van der Waals surface area contributed by atoms with E-state index < -0.39 is 5.97 Å². The second-order valence-corrected chi connectivity index (χ2v) is 8.59. The van der Waals surface area contributed by atoms with Gasteiger partial charge in [0.2, 0.25) is 0 Å². The molecule has 0 atom stereocenters. The van der Waals surface area contributed by atoms with Gasteiger partial charge in [0.05, 0.1) is 5.39 Å². The Morgan fingerprint density at radius 2 is 2.00 bits per heavy atom. The van der Waals surface area contributed by atoms with E-state index in [1.165, 1.54) is 0 Å². The van der Waals surface area contributed by atoms with E-state index in [4.69, 9.17) is 4.74 Å². The van der Waals surface area contributed by atoms with E-state index in [2.05, 4.69) is 4.98 Å². The fraction of sp³-hybridized carbons (Fsp3) is 0.364. The molecule has 8 heteroatoms. The number of carbonyl (C=O) groups excluding carboxylic acids is 2. The van der Waals surface area contributed by atoms with Crippen LogP contribution in [0.2, 0.25) is 0 Å². The number of amides is 1. The van der Waals surface area contributed by atoms with E-state index in [9.17, 15) is 14.4 Å². The number of ether oxygens (including phenoxy) is 1. The Balaban J connectivity index is 1.55. The number of para-hydroxylation sites is 1. The quantitative estimate of drug-likeness (QED) is 0.586. The van der Waals surface area contributed by atoms with Gasteiger partial charge in [-0.15, -0.1) is 11.3 Å². The van der Waals surface area contributed by atoms with E-state index in [-0.39, 0.29) is 24.1 Å². The van der Waals surface area contributed by atoms with Gasteiger partial charge in [0, 0.05) is 24.7 Å². The molecule has 30 heavy (non-hydrogen) atoms. The SMILES string of the molecule is Cc1c(C(=O)OCC(=O)N(c2ccccc2)C(C)C)sc2nc3n(c(=O)c12)CCC3. The molecule has 1 aromatic carbocycles. The molecule has 0 radical (unpaired) electrons. The highest BCUT2D eigenvalue weighted by Crippen LogP contribution is 2.29. The number of carbonyl (C=O) groups is 2. The first-order valence-electron chi connectivity index (χ1n) is 9.95. The van der Waals surface area contributed by atoms with Gasteiger partial charge in [0.15, 0.2) is 6.61 Å². The first-order chi connectivity index (χ1) is 14.4.